The molecule has 22 heavy (non-hydrogen) atoms. The Labute approximate surface area is 134 Å². The molecular formula is C17H20N2O2S. The third kappa shape index (κ3) is 3.20. The van der Waals surface area contributed by atoms with E-state index < -0.39 is 6.10 Å². The zero-order valence-electron chi connectivity index (χ0n) is 12.6. The summed E-state index contributed by atoms with van der Waals surface area (Å²) in [5.74, 6) is -0.383. The van der Waals surface area contributed by atoms with Gasteiger partial charge in [0.05, 0.1) is 11.7 Å². The van der Waals surface area contributed by atoms with Crippen LogP contribution in [0.1, 0.15) is 53.1 Å². The zero-order valence-corrected chi connectivity index (χ0v) is 13.4. The number of aliphatic hydroxyl groups is 1. The zero-order chi connectivity index (χ0) is 15.5. The van der Waals surface area contributed by atoms with Crippen molar-refractivity contribution in [1.82, 2.24) is 10.3 Å². The second-order valence-corrected chi connectivity index (χ2v) is 6.79. The molecule has 0 fully saturated rings. The summed E-state index contributed by atoms with van der Waals surface area (Å²) >= 11 is 1.69. The molecule has 0 saturated heterocycles. The Morgan fingerprint density at radius 3 is 2.73 bits per heavy atom. The third-order valence-corrected chi connectivity index (χ3v) is 5.30. The first-order valence-electron chi connectivity index (χ1n) is 7.67. The molecule has 3 rings (SSSR count). The number of aryl methyl sites for hydroxylation is 2. The number of nitrogens with zero attached hydrogens (tertiary/aromatic N) is 1. The third-order valence-electron chi connectivity index (χ3n) is 3.96. The van der Waals surface area contributed by atoms with Gasteiger partial charge in [0, 0.05) is 4.88 Å². The van der Waals surface area contributed by atoms with Gasteiger partial charge in [-0.3, -0.25) is 4.79 Å². The Morgan fingerprint density at radius 1 is 1.27 bits per heavy atom. The summed E-state index contributed by atoms with van der Waals surface area (Å²) in [5.41, 5.74) is 1.79. The van der Waals surface area contributed by atoms with Crippen LogP contribution in [-0.2, 0) is 17.6 Å². The highest BCUT2D eigenvalue weighted by Crippen LogP contribution is 2.30. The van der Waals surface area contributed by atoms with Gasteiger partial charge in [-0.2, -0.15) is 0 Å². The van der Waals surface area contributed by atoms with E-state index in [0.717, 1.165) is 17.8 Å². The van der Waals surface area contributed by atoms with Crippen molar-refractivity contribution in [1.29, 1.82) is 0 Å². The molecule has 0 unspecified atom stereocenters. The van der Waals surface area contributed by atoms with Gasteiger partial charge >= 0.3 is 0 Å². The summed E-state index contributed by atoms with van der Waals surface area (Å²) < 4.78 is 0. The number of nitrogens with one attached hydrogen (secondary N) is 1. The van der Waals surface area contributed by atoms with Crippen LogP contribution in [0, 0.1) is 0 Å². The van der Waals surface area contributed by atoms with E-state index in [-0.39, 0.29) is 11.9 Å². The average Bonchev–Trinajstić information content (AvgIpc) is 2.99. The lowest BCUT2D eigenvalue weighted by Crippen LogP contribution is -2.31. The fourth-order valence-electron chi connectivity index (χ4n) is 2.70. The minimum absolute atomic E-state index is 0.179. The van der Waals surface area contributed by atoms with Crippen molar-refractivity contribution in [2.24, 2.45) is 0 Å². The lowest BCUT2D eigenvalue weighted by atomic mass is 10.0. The molecule has 1 aromatic heterocycles. The fourth-order valence-corrected chi connectivity index (χ4v) is 3.85. The Morgan fingerprint density at radius 2 is 2.00 bits per heavy atom. The maximum absolute atomic E-state index is 12.2. The fraction of sp³-hybridized carbons (Fsp3) is 0.412. The highest BCUT2D eigenvalue weighted by molar-refractivity contribution is 7.11. The maximum Gasteiger partial charge on any atom is 0.254 e. The van der Waals surface area contributed by atoms with Gasteiger partial charge in [0.25, 0.3) is 5.91 Å². The first kappa shape index (κ1) is 15.2. The average molecular weight is 316 g/mol. The molecule has 4 nitrogen and oxygen atoms in total. The van der Waals surface area contributed by atoms with Gasteiger partial charge in [-0.05, 0) is 38.2 Å². The Hall–Kier alpha value is -1.72. The summed E-state index contributed by atoms with van der Waals surface area (Å²) in [6.07, 6.45) is 3.42. The van der Waals surface area contributed by atoms with Gasteiger partial charge < -0.3 is 10.4 Å². The van der Waals surface area contributed by atoms with E-state index in [9.17, 15) is 9.90 Å². The summed E-state index contributed by atoms with van der Waals surface area (Å²) in [4.78, 5) is 18.2. The largest absolute Gasteiger partial charge is 0.378 e. The molecule has 0 bridgehead atoms. The first-order valence-corrected chi connectivity index (χ1v) is 8.48. The molecule has 5 heteroatoms. The van der Waals surface area contributed by atoms with E-state index in [1.807, 2.05) is 25.1 Å². The van der Waals surface area contributed by atoms with E-state index in [2.05, 4.69) is 10.3 Å². The van der Waals surface area contributed by atoms with Crippen molar-refractivity contribution in [3.05, 3.63) is 51.5 Å². The van der Waals surface area contributed by atoms with Crippen molar-refractivity contribution < 1.29 is 9.90 Å². The second-order valence-electron chi connectivity index (χ2n) is 5.67. The van der Waals surface area contributed by atoms with Crippen LogP contribution in [0.2, 0.25) is 0 Å². The summed E-state index contributed by atoms with van der Waals surface area (Å²) in [7, 11) is 0. The summed E-state index contributed by atoms with van der Waals surface area (Å²) in [6.45, 7) is 1.92. The van der Waals surface area contributed by atoms with Gasteiger partial charge in [0.2, 0.25) is 0 Å². The van der Waals surface area contributed by atoms with Gasteiger partial charge in [-0.15, -0.1) is 11.3 Å². The van der Waals surface area contributed by atoms with Crippen molar-refractivity contribution in [3.8, 4) is 0 Å². The highest BCUT2D eigenvalue weighted by atomic mass is 32.1. The predicted octanol–water partition coefficient (Wildman–Crippen LogP) is 2.93. The van der Waals surface area contributed by atoms with Crippen LogP contribution >= 0.6 is 11.3 Å². The van der Waals surface area contributed by atoms with Gasteiger partial charge in [0.1, 0.15) is 5.01 Å². The Bertz CT molecular complexity index is 630. The molecule has 2 aromatic rings. The first-order chi connectivity index (χ1) is 10.6. The normalized spacial score (nSPS) is 16.6. The number of amides is 1. The quantitative estimate of drug-likeness (QED) is 0.911. The van der Waals surface area contributed by atoms with Crippen molar-refractivity contribution in [3.63, 3.8) is 0 Å². The molecule has 1 amide bonds. The molecule has 0 aliphatic heterocycles. The van der Waals surface area contributed by atoms with Crippen LogP contribution in [0.5, 0.6) is 0 Å². The van der Waals surface area contributed by atoms with E-state index in [4.69, 9.17) is 0 Å². The smallest absolute Gasteiger partial charge is 0.254 e. The number of benzene rings is 1. The number of aromatic nitrogens is 1. The highest BCUT2D eigenvalue weighted by Gasteiger charge is 2.23. The molecular weight excluding hydrogens is 296 g/mol. The van der Waals surface area contributed by atoms with Crippen LogP contribution < -0.4 is 5.32 Å². The van der Waals surface area contributed by atoms with Crippen LogP contribution in [0.25, 0.3) is 0 Å². The molecule has 0 spiro atoms. The predicted molar refractivity (Wildman–Crippen MR) is 86.7 cm³/mol. The number of carbonyl (C=O) groups excluding carboxylic acids is 1. The van der Waals surface area contributed by atoms with E-state index in [0.29, 0.717) is 5.56 Å². The van der Waals surface area contributed by atoms with Gasteiger partial charge in [0.15, 0.2) is 6.10 Å². The van der Waals surface area contributed by atoms with E-state index in [1.54, 1.807) is 23.5 Å². The Kier molecular flexibility index (Phi) is 4.55. The second kappa shape index (κ2) is 6.58. The topological polar surface area (TPSA) is 62.2 Å². The van der Waals surface area contributed by atoms with Crippen LogP contribution in [-0.4, -0.2) is 16.0 Å². The van der Waals surface area contributed by atoms with Crippen molar-refractivity contribution in [2.45, 2.75) is 44.8 Å². The SMILES string of the molecule is C[C@@H](NC(=O)[C@@H](O)c1ccccc1)c1nc2c(s1)CCCC2. The van der Waals surface area contributed by atoms with Crippen LogP contribution in [0.4, 0.5) is 0 Å². The lowest BCUT2D eigenvalue weighted by molar-refractivity contribution is -0.130. The van der Waals surface area contributed by atoms with Gasteiger partial charge in [-0.25, -0.2) is 4.98 Å². The minimum atomic E-state index is -1.14. The number of aliphatic hydroxyl groups excluding tert-OH is 1. The van der Waals surface area contributed by atoms with Crippen LogP contribution in [0.15, 0.2) is 30.3 Å². The van der Waals surface area contributed by atoms with E-state index >= 15 is 0 Å². The molecule has 0 saturated carbocycles. The number of rotatable bonds is 4. The lowest BCUT2D eigenvalue weighted by Gasteiger charge is -2.15. The maximum atomic E-state index is 12.2. The monoisotopic (exact) mass is 316 g/mol. The van der Waals surface area contributed by atoms with Gasteiger partial charge in [-0.1, -0.05) is 30.3 Å². The number of hydrogen-bond donors (Lipinski definition) is 2. The molecule has 1 heterocycles. The number of hydrogen-bond acceptors (Lipinski definition) is 4. The molecule has 0 radical (unpaired) electrons. The van der Waals surface area contributed by atoms with E-state index in [1.165, 1.54) is 23.4 Å². The minimum Gasteiger partial charge on any atom is -0.378 e. The Balaban J connectivity index is 1.67. The van der Waals surface area contributed by atoms with Crippen LogP contribution in [0.3, 0.4) is 0 Å². The number of carbonyl (C=O) groups is 1. The summed E-state index contributed by atoms with van der Waals surface area (Å²) in [5, 5.41) is 13.9. The summed E-state index contributed by atoms with van der Waals surface area (Å²) in [6, 6.07) is 8.79. The number of thiazole rings is 1. The molecule has 116 valence electrons. The molecule has 1 aromatic carbocycles. The molecule has 1 aliphatic rings. The molecule has 2 N–H and O–H groups in total. The number of fused-ring (bicyclic) bond motifs is 1. The molecule has 1 aliphatic carbocycles. The van der Waals surface area contributed by atoms with Crippen molar-refractivity contribution >= 4 is 17.2 Å². The van der Waals surface area contributed by atoms with Crippen molar-refractivity contribution in [2.75, 3.05) is 0 Å². The molecule has 2 atom stereocenters. The standard InChI is InChI=1S/C17H20N2O2S/c1-11(17-19-13-9-5-6-10-14(13)22-17)18-16(21)15(20)12-7-3-2-4-8-12/h2-4,7-8,11,15,20H,5-6,9-10H2,1H3,(H,18,21)/t11-,15+/m1/s1.